The molecule has 4 nitrogen and oxygen atoms in total. The highest BCUT2D eigenvalue weighted by Crippen LogP contribution is 2.47. The Balaban J connectivity index is 1.84. The van der Waals surface area contributed by atoms with E-state index in [1.807, 2.05) is 36.9 Å². The van der Waals surface area contributed by atoms with Crippen LogP contribution in [0.25, 0.3) is 0 Å². The molecule has 0 aliphatic carbocycles. The van der Waals surface area contributed by atoms with Crippen molar-refractivity contribution in [1.29, 1.82) is 0 Å². The van der Waals surface area contributed by atoms with E-state index in [2.05, 4.69) is 44.3 Å². The van der Waals surface area contributed by atoms with Gasteiger partial charge in [-0.3, -0.25) is 0 Å². The van der Waals surface area contributed by atoms with Crippen LogP contribution in [0.15, 0.2) is 61.7 Å². The van der Waals surface area contributed by atoms with Crippen LogP contribution >= 0.6 is 11.8 Å². The Kier molecular flexibility index (Phi) is 10.6. The Morgan fingerprint density at radius 3 is 2.50 bits per heavy atom. The largest absolute Gasteiger partial charge is 0.496 e. The van der Waals surface area contributed by atoms with Gasteiger partial charge >= 0.3 is 0 Å². The molecular weight excluding hydrogens is 444 g/mol. The molecule has 2 aromatic carbocycles. The monoisotopic (exact) mass is 482 g/mol. The number of aryl methyl sites for hydroxylation is 1. The van der Waals surface area contributed by atoms with Crippen molar-refractivity contribution in [2.45, 2.75) is 49.7 Å². The number of ether oxygens (including phenoxy) is 4. The zero-order valence-corrected chi connectivity index (χ0v) is 21.6. The van der Waals surface area contributed by atoms with Gasteiger partial charge in [-0.2, -0.15) is 0 Å². The summed E-state index contributed by atoms with van der Waals surface area (Å²) in [6.45, 7) is 14.2. The molecule has 0 bridgehead atoms. The molecule has 0 N–H and O–H groups in total. The molecule has 3 rings (SSSR count). The van der Waals surface area contributed by atoms with Crippen LogP contribution in [0.5, 0.6) is 11.5 Å². The lowest BCUT2D eigenvalue weighted by Crippen LogP contribution is -2.30. The minimum atomic E-state index is 0.169. The van der Waals surface area contributed by atoms with Crippen molar-refractivity contribution in [3.05, 3.63) is 84.0 Å². The number of hydrogen-bond donors (Lipinski definition) is 0. The number of methoxy groups -OCH3 is 1. The SMILES string of the molecule is C=CCOC[C@@H]1C[C@H](OCC=C)C[C@H](c2cc(Cc3ccc(OCC)cc3)c(C)cc2OC)S1. The van der Waals surface area contributed by atoms with Gasteiger partial charge in [0.1, 0.15) is 11.5 Å². The molecular formula is C29H38O4S. The van der Waals surface area contributed by atoms with Crippen molar-refractivity contribution in [3.63, 3.8) is 0 Å². The van der Waals surface area contributed by atoms with E-state index in [9.17, 15) is 0 Å². The number of thioether (sulfide) groups is 1. The highest BCUT2D eigenvalue weighted by atomic mass is 32.2. The van der Waals surface area contributed by atoms with Gasteiger partial charge < -0.3 is 18.9 Å². The average molecular weight is 483 g/mol. The third kappa shape index (κ3) is 7.39. The first kappa shape index (κ1) is 26.4. The van der Waals surface area contributed by atoms with Gasteiger partial charge in [0.2, 0.25) is 0 Å². The van der Waals surface area contributed by atoms with E-state index in [4.69, 9.17) is 18.9 Å². The van der Waals surface area contributed by atoms with Crippen molar-refractivity contribution in [3.8, 4) is 11.5 Å². The topological polar surface area (TPSA) is 36.9 Å². The molecule has 34 heavy (non-hydrogen) atoms. The van der Waals surface area contributed by atoms with E-state index in [-0.39, 0.29) is 11.4 Å². The van der Waals surface area contributed by atoms with Crippen molar-refractivity contribution >= 4 is 11.8 Å². The van der Waals surface area contributed by atoms with Gasteiger partial charge in [-0.25, -0.2) is 0 Å². The lowest BCUT2D eigenvalue weighted by molar-refractivity contribution is 0.0487. The van der Waals surface area contributed by atoms with Crippen molar-refractivity contribution in [2.24, 2.45) is 0 Å². The molecule has 0 saturated carbocycles. The van der Waals surface area contributed by atoms with E-state index >= 15 is 0 Å². The standard InChI is InChI=1S/C29H38O4S/c1-6-13-31-20-26-18-25(33-14-7-2)19-29(34-26)27-17-23(21(4)15-28(27)30-5)16-22-9-11-24(12-10-22)32-8-3/h6-7,9-12,15,17,25-26,29H,1-2,8,13-14,16,18-20H2,3-5H3/t25-,26-,29+/m0/s1. The van der Waals surface area contributed by atoms with Crippen LogP contribution in [-0.2, 0) is 15.9 Å². The smallest absolute Gasteiger partial charge is 0.123 e. The molecule has 0 aromatic heterocycles. The summed E-state index contributed by atoms with van der Waals surface area (Å²) >= 11 is 1.97. The molecule has 5 heteroatoms. The zero-order chi connectivity index (χ0) is 24.3. The quantitative estimate of drug-likeness (QED) is 0.234. The van der Waals surface area contributed by atoms with Crippen LogP contribution in [0, 0.1) is 6.92 Å². The van der Waals surface area contributed by atoms with Gasteiger partial charge in [-0.05, 0) is 68.0 Å². The fourth-order valence-corrected chi connectivity index (χ4v) is 5.98. The first-order valence-electron chi connectivity index (χ1n) is 12.0. The molecule has 1 saturated heterocycles. The zero-order valence-electron chi connectivity index (χ0n) is 20.8. The van der Waals surface area contributed by atoms with Gasteiger partial charge in [-0.15, -0.1) is 24.9 Å². The van der Waals surface area contributed by atoms with Crippen molar-refractivity contribution in [2.75, 3.05) is 33.5 Å². The number of hydrogen-bond acceptors (Lipinski definition) is 5. The molecule has 0 amide bonds. The average Bonchev–Trinajstić information content (AvgIpc) is 2.85. The molecule has 1 aliphatic heterocycles. The molecule has 0 unspecified atom stereocenters. The fraction of sp³-hybridized carbons (Fsp3) is 0.448. The van der Waals surface area contributed by atoms with Crippen LogP contribution in [0.2, 0.25) is 0 Å². The summed E-state index contributed by atoms with van der Waals surface area (Å²) in [5.41, 5.74) is 5.05. The second-order valence-corrected chi connectivity index (χ2v) is 10.1. The Morgan fingerprint density at radius 1 is 1.06 bits per heavy atom. The highest BCUT2D eigenvalue weighted by molar-refractivity contribution is 8.00. The first-order valence-corrected chi connectivity index (χ1v) is 13.0. The summed E-state index contributed by atoms with van der Waals surface area (Å²) in [7, 11) is 1.76. The van der Waals surface area contributed by atoms with Gasteiger partial charge in [0.25, 0.3) is 0 Å². The van der Waals surface area contributed by atoms with Crippen LogP contribution in [0.4, 0.5) is 0 Å². The summed E-state index contributed by atoms with van der Waals surface area (Å²) in [6.07, 6.45) is 6.57. The maximum absolute atomic E-state index is 6.11. The van der Waals surface area contributed by atoms with Crippen molar-refractivity contribution < 1.29 is 18.9 Å². The molecule has 1 aliphatic rings. The second kappa shape index (κ2) is 13.6. The van der Waals surface area contributed by atoms with E-state index in [0.717, 1.165) is 30.8 Å². The Morgan fingerprint density at radius 2 is 1.82 bits per heavy atom. The number of benzene rings is 2. The maximum atomic E-state index is 6.11. The summed E-state index contributed by atoms with van der Waals surface area (Å²) in [5, 5.41) is 0.629. The first-order chi connectivity index (χ1) is 16.6. The van der Waals surface area contributed by atoms with Crippen LogP contribution in [0.3, 0.4) is 0 Å². The molecule has 0 spiro atoms. The van der Waals surface area contributed by atoms with Crippen LogP contribution in [-0.4, -0.2) is 44.9 Å². The summed E-state index contributed by atoms with van der Waals surface area (Å²) in [6, 6.07) is 12.9. The summed E-state index contributed by atoms with van der Waals surface area (Å²) in [5.74, 6) is 1.85. The Labute approximate surface area is 209 Å². The van der Waals surface area contributed by atoms with Crippen LogP contribution < -0.4 is 9.47 Å². The predicted octanol–water partition coefficient (Wildman–Crippen LogP) is 6.70. The predicted molar refractivity (Wildman–Crippen MR) is 142 cm³/mol. The van der Waals surface area contributed by atoms with E-state index in [0.29, 0.717) is 31.7 Å². The maximum Gasteiger partial charge on any atom is 0.123 e. The van der Waals surface area contributed by atoms with Gasteiger partial charge in [0, 0.05) is 16.1 Å². The van der Waals surface area contributed by atoms with Gasteiger partial charge in [-0.1, -0.05) is 30.4 Å². The second-order valence-electron chi connectivity index (χ2n) is 8.56. The van der Waals surface area contributed by atoms with Crippen LogP contribution in [0.1, 0.15) is 47.3 Å². The third-order valence-corrected chi connectivity index (χ3v) is 7.50. The normalized spacial score (nSPS) is 20.0. The Hall–Kier alpha value is -2.21. The Bertz CT molecular complexity index is 924. The molecule has 1 heterocycles. The van der Waals surface area contributed by atoms with Gasteiger partial charge in [0.05, 0.1) is 39.6 Å². The van der Waals surface area contributed by atoms with E-state index in [1.165, 1.54) is 22.3 Å². The van der Waals surface area contributed by atoms with Gasteiger partial charge in [0.15, 0.2) is 0 Å². The highest BCUT2D eigenvalue weighted by Gasteiger charge is 2.33. The third-order valence-electron chi connectivity index (χ3n) is 6.01. The molecule has 1 fully saturated rings. The fourth-order valence-electron chi connectivity index (χ4n) is 4.36. The van der Waals surface area contributed by atoms with E-state index < -0.39 is 0 Å². The molecule has 2 aromatic rings. The lowest BCUT2D eigenvalue weighted by Gasteiger charge is -2.35. The lowest BCUT2D eigenvalue weighted by atomic mass is 9.94. The molecule has 3 atom stereocenters. The summed E-state index contributed by atoms with van der Waals surface area (Å²) in [4.78, 5) is 0. The minimum absolute atomic E-state index is 0.169. The number of rotatable bonds is 13. The molecule has 184 valence electrons. The van der Waals surface area contributed by atoms with E-state index in [1.54, 1.807) is 13.2 Å². The minimum Gasteiger partial charge on any atom is -0.496 e. The van der Waals surface area contributed by atoms with Crippen molar-refractivity contribution in [1.82, 2.24) is 0 Å². The molecule has 0 radical (unpaired) electrons. The summed E-state index contributed by atoms with van der Waals surface area (Å²) < 4.78 is 23.4.